The molecule has 0 radical (unpaired) electrons. The molecule has 0 bridgehead atoms. The summed E-state index contributed by atoms with van der Waals surface area (Å²) in [4.78, 5) is 27.1. The van der Waals surface area contributed by atoms with Gasteiger partial charge < -0.3 is 19.4 Å². The van der Waals surface area contributed by atoms with Crippen molar-refractivity contribution in [1.29, 1.82) is 0 Å². The fraction of sp³-hybridized carbons (Fsp3) is 0.115. The molecule has 3 heterocycles. The number of para-hydroxylation sites is 1. The number of fused-ring (bicyclic) bond motifs is 4. The van der Waals surface area contributed by atoms with Gasteiger partial charge in [0.1, 0.15) is 5.52 Å². The second kappa shape index (κ2) is 7.48. The molecule has 8 heteroatoms. The summed E-state index contributed by atoms with van der Waals surface area (Å²) in [6.45, 7) is 2.11. The Morgan fingerprint density at radius 2 is 1.76 bits per heavy atom. The van der Waals surface area contributed by atoms with E-state index in [9.17, 15) is 9.59 Å². The number of nitrogens with one attached hydrogen (secondary N) is 1. The van der Waals surface area contributed by atoms with Crippen LogP contribution in [0.2, 0.25) is 0 Å². The number of nitrogens with zero attached hydrogens (tertiary/aromatic N) is 3. The van der Waals surface area contributed by atoms with Crippen molar-refractivity contribution in [2.45, 2.75) is 6.92 Å². The number of rotatable bonds is 3. The minimum Gasteiger partial charge on any atom is -0.454 e. The maximum Gasteiger partial charge on any atom is 0.296 e. The molecule has 0 atom stereocenters. The number of benzene rings is 3. The minimum absolute atomic E-state index is 0.145. The SMILES string of the molecule is Cc1ccc(-n2nc(C(=O)Nc3ccc4c(c3)OCO4)c3c4ccccc4n(C)c3c2=O)cc1. The number of hydrogen-bond acceptors (Lipinski definition) is 5. The first-order valence-corrected chi connectivity index (χ1v) is 10.8. The van der Waals surface area contributed by atoms with E-state index in [-0.39, 0.29) is 18.0 Å². The van der Waals surface area contributed by atoms with Gasteiger partial charge in [0.2, 0.25) is 6.79 Å². The van der Waals surface area contributed by atoms with Crippen LogP contribution in [-0.2, 0) is 7.05 Å². The molecule has 1 aliphatic rings. The molecule has 3 aromatic carbocycles. The molecule has 5 aromatic rings. The first kappa shape index (κ1) is 20.0. The molecule has 0 spiro atoms. The van der Waals surface area contributed by atoms with Crippen molar-refractivity contribution < 1.29 is 14.3 Å². The van der Waals surface area contributed by atoms with E-state index in [1.165, 1.54) is 4.68 Å². The minimum atomic E-state index is -0.430. The van der Waals surface area contributed by atoms with E-state index < -0.39 is 5.91 Å². The molecule has 34 heavy (non-hydrogen) atoms. The Morgan fingerprint density at radius 3 is 2.59 bits per heavy atom. The smallest absolute Gasteiger partial charge is 0.296 e. The first-order valence-electron chi connectivity index (χ1n) is 10.8. The zero-order valence-electron chi connectivity index (χ0n) is 18.5. The van der Waals surface area contributed by atoms with E-state index in [1.54, 1.807) is 18.2 Å². The lowest BCUT2D eigenvalue weighted by molar-refractivity contribution is 0.102. The van der Waals surface area contributed by atoms with Crippen molar-refractivity contribution in [2.24, 2.45) is 7.05 Å². The molecule has 8 nitrogen and oxygen atoms in total. The number of amides is 1. The highest BCUT2D eigenvalue weighted by Gasteiger charge is 2.24. The summed E-state index contributed by atoms with van der Waals surface area (Å²) < 4.78 is 13.9. The van der Waals surface area contributed by atoms with Gasteiger partial charge in [-0.15, -0.1) is 0 Å². The van der Waals surface area contributed by atoms with Gasteiger partial charge in [-0.2, -0.15) is 9.78 Å². The van der Waals surface area contributed by atoms with Crippen LogP contribution in [0.1, 0.15) is 16.1 Å². The third-order valence-electron chi connectivity index (χ3n) is 6.06. The number of anilines is 1. The number of ether oxygens (including phenoxy) is 2. The molecule has 0 saturated carbocycles. The molecule has 1 amide bonds. The van der Waals surface area contributed by atoms with E-state index in [1.807, 2.05) is 67.1 Å². The topological polar surface area (TPSA) is 87.4 Å². The van der Waals surface area contributed by atoms with Gasteiger partial charge in [0.05, 0.1) is 5.69 Å². The van der Waals surface area contributed by atoms with Crippen LogP contribution in [0.3, 0.4) is 0 Å². The van der Waals surface area contributed by atoms with Crippen molar-refractivity contribution in [3.05, 3.63) is 88.3 Å². The Kier molecular flexibility index (Phi) is 4.41. The monoisotopic (exact) mass is 452 g/mol. The van der Waals surface area contributed by atoms with Crippen molar-refractivity contribution in [3.8, 4) is 17.2 Å². The maximum absolute atomic E-state index is 13.6. The second-order valence-corrected chi connectivity index (χ2v) is 8.22. The Bertz CT molecular complexity index is 1670. The van der Waals surface area contributed by atoms with Gasteiger partial charge in [-0.1, -0.05) is 35.9 Å². The van der Waals surface area contributed by atoms with Gasteiger partial charge >= 0.3 is 0 Å². The van der Waals surface area contributed by atoms with E-state index in [0.717, 1.165) is 16.5 Å². The lowest BCUT2D eigenvalue weighted by Crippen LogP contribution is -2.27. The summed E-state index contributed by atoms with van der Waals surface area (Å²) in [5.41, 5.74) is 3.30. The van der Waals surface area contributed by atoms with Gasteiger partial charge in [-0.25, -0.2) is 0 Å². The van der Waals surface area contributed by atoms with Crippen LogP contribution in [0.4, 0.5) is 5.69 Å². The number of carbonyl (C=O) groups is 1. The van der Waals surface area contributed by atoms with Crippen molar-refractivity contribution in [2.75, 3.05) is 12.1 Å². The predicted octanol–water partition coefficient (Wildman–Crippen LogP) is 4.17. The van der Waals surface area contributed by atoms with Gasteiger partial charge in [0, 0.05) is 35.1 Å². The standard InChI is InChI=1S/C26H20N4O4/c1-15-7-10-17(11-8-15)30-26(32)24-22(18-5-3-4-6-19(18)29(24)2)23(28-30)25(31)27-16-9-12-20-21(13-16)34-14-33-20/h3-13H,14H2,1-2H3,(H,27,31). The molecule has 0 saturated heterocycles. The first-order chi connectivity index (χ1) is 16.5. The largest absolute Gasteiger partial charge is 0.454 e. The Morgan fingerprint density at radius 1 is 1.00 bits per heavy atom. The Balaban J connectivity index is 1.58. The second-order valence-electron chi connectivity index (χ2n) is 8.22. The van der Waals surface area contributed by atoms with Crippen LogP contribution in [0.5, 0.6) is 11.5 Å². The average Bonchev–Trinajstić information content (AvgIpc) is 3.43. The molecule has 168 valence electrons. The fourth-order valence-corrected chi connectivity index (χ4v) is 4.36. The molecule has 6 rings (SSSR count). The molecule has 0 unspecified atom stereocenters. The van der Waals surface area contributed by atoms with E-state index in [2.05, 4.69) is 10.4 Å². The summed E-state index contributed by atoms with van der Waals surface area (Å²) in [5.74, 6) is 0.757. The average molecular weight is 452 g/mol. The van der Waals surface area contributed by atoms with E-state index >= 15 is 0 Å². The maximum atomic E-state index is 13.6. The third-order valence-corrected chi connectivity index (χ3v) is 6.06. The molecule has 0 aliphatic carbocycles. The van der Waals surface area contributed by atoms with Gasteiger partial charge in [-0.3, -0.25) is 9.59 Å². The number of aryl methyl sites for hydroxylation is 2. The summed E-state index contributed by atoms with van der Waals surface area (Å²) in [7, 11) is 1.82. The highest BCUT2D eigenvalue weighted by Crippen LogP contribution is 2.35. The molecule has 0 fully saturated rings. The summed E-state index contributed by atoms with van der Waals surface area (Å²) in [6.07, 6.45) is 0. The van der Waals surface area contributed by atoms with Crippen LogP contribution in [0, 0.1) is 6.92 Å². The van der Waals surface area contributed by atoms with Gasteiger partial charge in [0.15, 0.2) is 17.2 Å². The van der Waals surface area contributed by atoms with Crippen LogP contribution < -0.4 is 20.3 Å². The van der Waals surface area contributed by atoms with Crippen LogP contribution in [0.25, 0.3) is 27.5 Å². The van der Waals surface area contributed by atoms with Gasteiger partial charge in [-0.05, 0) is 37.3 Å². The zero-order chi connectivity index (χ0) is 23.4. The van der Waals surface area contributed by atoms with E-state index in [0.29, 0.717) is 33.8 Å². The summed E-state index contributed by atoms with van der Waals surface area (Å²) in [5, 5.41) is 8.76. The van der Waals surface area contributed by atoms with Crippen molar-refractivity contribution in [1.82, 2.24) is 14.3 Å². The molecule has 2 aromatic heterocycles. The fourth-order valence-electron chi connectivity index (χ4n) is 4.36. The van der Waals surface area contributed by atoms with Crippen molar-refractivity contribution >= 4 is 33.4 Å². The molecule has 1 N–H and O–H groups in total. The number of aromatic nitrogens is 3. The molecular formula is C26H20N4O4. The number of carbonyl (C=O) groups excluding carboxylic acids is 1. The third kappa shape index (κ3) is 3.03. The normalized spacial score (nSPS) is 12.4. The molecule has 1 aliphatic heterocycles. The summed E-state index contributed by atoms with van der Waals surface area (Å²) in [6, 6.07) is 20.2. The van der Waals surface area contributed by atoms with E-state index in [4.69, 9.17) is 9.47 Å². The van der Waals surface area contributed by atoms with Crippen LogP contribution >= 0.6 is 0 Å². The molecular weight excluding hydrogens is 432 g/mol. The highest BCUT2D eigenvalue weighted by atomic mass is 16.7. The Hall–Kier alpha value is -4.59. The lowest BCUT2D eigenvalue weighted by Gasteiger charge is -2.11. The Labute approximate surface area is 193 Å². The van der Waals surface area contributed by atoms with Crippen LogP contribution in [0.15, 0.2) is 71.5 Å². The summed E-state index contributed by atoms with van der Waals surface area (Å²) >= 11 is 0. The quantitative estimate of drug-likeness (QED) is 0.444. The van der Waals surface area contributed by atoms with Crippen molar-refractivity contribution in [3.63, 3.8) is 0 Å². The van der Waals surface area contributed by atoms with Crippen LogP contribution in [-0.4, -0.2) is 27.0 Å². The number of hydrogen-bond donors (Lipinski definition) is 1. The highest BCUT2D eigenvalue weighted by molar-refractivity contribution is 6.19. The van der Waals surface area contributed by atoms with Gasteiger partial charge in [0.25, 0.3) is 11.5 Å². The zero-order valence-corrected chi connectivity index (χ0v) is 18.5. The predicted molar refractivity (Wildman–Crippen MR) is 129 cm³/mol. The lowest BCUT2D eigenvalue weighted by atomic mass is 10.1.